The molecule has 0 bridgehead atoms. The van der Waals surface area contributed by atoms with Crippen LogP contribution in [0.4, 0.5) is 0 Å². The summed E-state index contributed by atoms with van der Waals surface area (Å²) in [6, 6.07) is 4.20. The van der Waals surface area contributed by atoms with E-state index in [1.165, 1.54) is 4.88 Å². The SMILES string of the molecule is CN=C(NCCc1ccc(Br)s1)NCc1ncnn1C. The first kappa shape index (κ1) is 15.0. The summed E-state index contributed by atoms with van der Waals surface area (Å²) in [6.45, 7) is 1.44. The molecule has 108 valence electrons. The molecule has 2 aromatic heterocycles. The lowest BCUT2D eigenvalue weighted by Crippen LogP contribution is -2.38. The number of rotatable bonds is 5. The average Bonchev–Trinajstić information content (AvgIpc) is 3.03. The van der Waals surface area contributed by atoms with Crippen molar-refractivity contribution in [2.24, 2.45) is 12.0 Å². The fraction of sp³-hybridized carbons (Fsp3) is 0.417. The molecule has 0 aliphatic rings. The molecule has 2 N–H and O–H groups in total. The van der Waals surface area contributed by atoms with Crippen molar-refractivity contribution in [3.05, 3.63) is 32.9 Å². The van der Waals surface area contributed by atoms with Crippen LogP contribution in [0.1, 0.15) is 10.7 Å². The van der Waals surface area contributed by atoms with Crippen LogP contribution in [0, 0.1) is 0 Å². The van der Waals surface area contributed by atoms with E-state index >= 15 is 0 Å². The first-order valence-electron chi connectivity index (χ1n) is 6.20. The van der Waals surface area contributed by atoms with Gasteiger partial charge in [0.1, 0.15) is 12.2 Å². The van der Waals surface area contributed by atoms with Crippen molar-refractivity contribution >= 4 is 33.2 Å². The molecular formula is C12H17BrN6S. The van der Waals surface area contributed by atoms with Gasteiger partial charge in [0, 0.05) is 25.5 Å². The van der Waals surface area contributed by atoms with Crippen molar-refractivity contribution in [2.75, 3.05) is 13.6 Å². The second-order valence-corrected chi connectivity index (χ2v) is 6.66. The molecule has 0 aliphatic heterocycles. The van der Waals surface area contributed by atoms with Crippen LogP contribution >= 0.6 is 27.3 Å². The third-order valence-corrected chi connectivity index (χ3v) is 4.42. The van der Waals surface area contributed by atoms with Crippen LogP contribution in [0.15, 0.2) is 27.2 Å². The van der Waals surface area contributed by atoms with Gasteiger partial charge in [0.25, 0.3) is 0 Å². The number of aromatic nitrogens is 3. The summed E-state index contributed by atoms with van der Waals surface area (Å²) >= 11 is 5.22. The standard InChI is InChI=1S/C12H17BrN6S/c1-14-12(16-7-11-17-8-18-19(11)2)15-6-5-9-3-4-10(13)20-9/h3-4,8H,5-7H2,1-2H3,(H2,14,15,16). The van der Waals surface area contributed by atoms with Crippen LogP contribution < -0.4 is 10.6 Å². The Morgan fingerprint density at radius 2 is 2.30 bits per heavy atom. The summed E-state index contributed by atoms with van der Waals surface area (Å²) < 4.78 is 2.90. The Morgan fingerprint density at radius 1 is 1.45 bits per heavy atom. The minimum absolute atomic E-state index is 0.598. The lowest BCUT2D eigenvalue weighted by atomic mass is 10.3. The van der Waals surface area contributed by atoms with Gasteiger partial charge in [-0.3, -0.25) is 9.67 Å². The fourth-order valence-electron chi connectivity index (χ4n) is 1.65. The molecule has 0 aromatic carbocycles. The largest absolute Gasteiger partial charge is 0.356 e. The molecule has 0 radical (unpaired) electrons. The average molecular weight is 357 g/mol. The van der Waals surface area contributed by atoms with E-state index in [0.29, 0.717) is 6.54 Å². The van der Waals surface area contributed by atoms with Crippen LogP contribution in [0.2, 0.25) is 0 Å². The van der Waals surface area contributed by atoms with E-state index in [9.17, 15) is 0 Å². The summed E-state index contributed by atoms with van der Waals surface area (Å²) in [7, 11) is 3.63. The van der Waals surface area contributed by atoms with E-state index in [-0.39, 0.29) is 0 Å². The molecule has 0 saturated carbocycles. The molecule has 2 heterocycles. The summed E-state index contributed by atoms with van der Waals surface area (Å²) in [5, 5.41) is 10.5. The monoisotopic (exact) mass is 356 g/mol. The van der Waals surface area contributed by atoms with Crippen LogP contribution in [-0.2, 0) is 20.0 Å². The Hall–Kier alpha value is -1.41. The molecule has 8 heteroatoms. The number of halogens is 1. The summed E-state index contributed by atoms with van der Waals surface area (Å²) in [4.78, 5) is 9.68. The van der Waals surface area contributed by atoms with Crippen LogP contribution in [0.25, 0.3) is 0 Å². The van der Waals surface area contributed by atoms with Crippen LogP contribution in [-0.4, -0.2) is 34.3 Å². The van der Waals surface area contributed by atoms with Gasteiger partial charge in [-0.2, -0.15) is 5.10 Å². The predicted octanol–water partition coefficient (Wildman–Crippen LogP) is 1.55. The maximum Gasteiger partial charge on any atom is 0.191 e. The minimum Gasteiger partial charge on any atom is -0.356 e. The number of nitrogens with one attached hydrogen (secondary N) is 2. The Morgan fingerprint density at radius 3 is 2.90 bits per heavy atom. The maximum absolute atomic E-state index is 4.18. The number of aryl methyl sites for hydroxylation is 1. The highest BCUT2D eigenvalue weighted by Gasteiger charge is 2.03. The highest BCUT2D eigenvalue weighted by molar-refractivity contribution is 9.11. The lowest BCUT2D eigenvalue weighted by Gasteiger charge is -2.10. The van der Waals surface area contributed by atoms with Crippen molar-refractivity contribution in [3.8, 4) is 0 Å². The van der Waals surface area contributed by atoms with Gasteiger partial charge in [0.2, 0.25) is 0 Å². The maximum atomic E-state index is 4.18. The van der Waals surface area contributed by atoms with Gasteiger partial charge in [0.15, 0.2) is 5.96 Å². The highest BCUT2D eigenvalue weighted by atomic mass is 79.9. The smallest absolute Gasteiger partial charge is 0.191 e. The van der Waals surface area contributed by atoms with Crippen molar-refractivity contribution < 1.29 is 0 Å². The summed E-state index contributed by atoms with van der Waals surface area (Å²) in [5.41, 5.74) is 0. The van der Waals surface area contributed by atoms with E-state index in [4.69, 9.17) is 0 Å². The van der Waals surface area contributed by atoms with Gasteiger partial charge < -0.3 is 10.6 Å². The second-order valence-electron chi connectivity index (χ2n) is 4.11. The molecule has 0 atom stereocenters. The Labute approximate surface area is 130 Å². The van der Waals surface area contributed by atoms with Gasteiger partial charge in [-0.15, -0.1) is 11.3 Å². The molecule has 0 unspecified atom stereocenters. The number of hydrogen-bond donors (Lipinski definition) is 2. The summed E-state index contributed by atoms with van der Waals surface area (Å²) in [5.74, 6) is 1.64. The van der Waals surface area contributed by atoms with Gasteiger partial charge in [-0.05, 0) is 34.5 Å². The highest BCUT2D eigenvalue weighted by Crippen LogP contribution is 2.21. The third kappa shape index (κ3) is 4.31. The van der Waals surface area contributed by atoms with Gasteiger partial charge >= 0.3 is 0 Å². The Kier molecular flexibility index (Phi) is 5.54. The van der Waals surface area contributed by atoms with Crippen LogP contribution in [0.5, 0.6) is 0 Å². The van der Waals surface area contributed by atoms with Gasteiger partial charge in [-0.1, -0.05) is 0 Å². The van der Waals surface area contributed by atoms with Crippen molar-refractivity contribution in [3.63, 3.8) is 0 Å². The van der Waals surface area contributed by atoms with E-state index in [1.54, 1.807) is 29.4 Å². The van der Waals surface area contributed by atoms with E-state index < -0.39 is 0 Å². The summed E-state index contributed by atoms with van der Waals surface area (Å²) in [6.07, 6.45) is 2.52. The zero-order valence-electron chi connectivity index (χ0n) is 11.4. The first-order chi connectivity index (χ1) is 9.69. The number of nitrogens with zero attached hydrogens (tertiary/aromatic N) is 4. The predicted molar refractivity (Wildman–Crippen MR) is 84.9 cm³/mol. The number of hydrogen-bond acceptors (Lipinski definition) is 4. The van der Waals surface area contributed by atoms with Crippen molar-refractivity contribution in [1.29, 1.82) is 0 Å². The van der Waals surface area contributed by atoms with Crippen molar-refractivity contribution in [1.82, 2.24) is 25.4 Å². The molecule has 0 amide bonds. The molecule has 0 spiro atoms. The molecular weight excluding hydrogens is 340 g/mol. The van der Waals surface area contributed by atoms with E-state index in [0.717, 1.165) is 28.5 Å². The quantitative estimate of drug-likeness (QED) is 0.629. The third-order valence-electron chi connectivity index (χ3n) is 2.74. The molecule has 0 fully saturated rings. The molecule has 2 aromatic rings. The Bertz CT molecular complexity index is 576. The van der Waals surface area contributed by atoms with Crippen molar-refractivity contribution in [2.45, 2.75) is 13.0 Å². The molecule has 0 saturated heterocycles. The normalized spacial score (nSPS) is 11.7. The lowest BCUT2D eigenvalue weighted by molar-refractivity contribution is 0.672. The number of thiophene rings is 1. The van der Waals surface area contributed by atoms with Gasteiger partial charge in [-0.25, -0.2) is 4.98 Å². The van der Waals surface area contributed by atoms with Crippen LogP contribution in [0.3, 0.4) is 0 Å². The zero-order chi connectivity index (χ0) is 14.4. The fourth-order valence-corrected chi connectivity index (χ4v) is 3.14. The minimum atomic E-state index is 0.598. The molecule has 2 rings (SSSR count). The topological polar surface area (TPSA) is 67.1 Å². The zero-order valence-corrected chi connectivity index (χ0v) is 13.8. The van der Waals surface area contributed by atoms with E-state index in [2.05, 4.69) is 53.8 Å². The molecule has 20 heavy (non-hydrogen) atoms. The Balaban J connectivity index is 1.74. The molecule has 0 aliphatic carbocycles. The first-order valence-corrected chi connectivity index (χ1v) is 7.81. The second kappa shape index (κ2) is 7.39. The molecule has 6 nitrogen and oxygen atoms in total. The number of guanidine groups is 1. The van der Waals surface area contributed by atoms with E-state index in [1.807, 2.05) is 7.05 Å². The number of aliphatic imine (C=N–C) groups is 1. The van der Waals surface area contributed by atoms with Gasteiger partial charge in [0.05, 0.1) is 10.3 Å².